The average molecular weight is 288 g/mol. The van der Waals surface area contributed by atoms with Crippen molar-refractivity contribution in [3.63, 3.8) is 0 Å². The molecule has 114 valence electrons. The lowest BCUT2D eigenvalue weighted by atomic mass is 10.0. The molecule has 0 saturated carbocycles. The van der Waals surface area contributed by atoms with Gasteiger partial charge >= 0.3 is 0 Å². The molecule has 1 aromatic carbocycles. The fraction of sp³-hybridized carbons (Fsp3) is 0.529. The van der Waals surface area contributed by atoms with Crippen LogP contribution in [-0.4, -0.2) is 28.8 Å². The molecular formula is C17H24N2O2. The van der Waals surface area contributed by atoms with E-state index < -0.39 is 6.04 Å². The van der Waals surface area contributed by atoms with Crippen molar-refractivity contribution in [2.75, 3.05) is 0 Å². The quantitative estimate of drug-likeness (QED) is 0.903. The van der Waals surface area contributed by atoms with Gasteiger partial charge in [0, 0.05) is 6.54 Å². The number of aryl methyl sites for hydroxylation is 1. The van der Waals surface area contributed by atoms with Gasteiger partial charge in [-0.25, -0.2) is 0 Å². The van der Waals surface area contributed by atoms with Gasteiger partial charge in [0.2, 0.25) is 11.8 Å². The predicted octanol–water partition coefficient (Wildman–Crippen LogP) is 2.26. The number of carbonyl (C=O) groups is 2. The van der Waals surface area contributed by atoms with Crippen LogP contribution in [-0.2, 0) is 22.6 Å². The van der Waals surface area contributed by atoms with Crippen LogP contribution >= 0.6 is 0 Å². The van der Waals surface area contributed by atoms with Gasteiger partial charge in [0.05, 0.1) is 0 Å². The first kappa shape index (κ1) is 15.5. The molecule has 2 atom stereocenters. The summed E-state index contributed by atoms with van der Waals surface area (Å²) in [4.78, 5) is 26.4. The van der Waals surface area contributed by atoms with Gasteiger partial charge in [-0.2, -0.15) is 0 Å². The van der Waals surface area contributed by atoms with Gasteiger partial charge in [-0.1, -0.05) is 44.5 Å². The molecule has 1 aliphatic rings. The molecule has 1 N–H and O–H groups in total. The highest BCUT2D eigenvalue weighted by atomic mass is 16.2. The Labute approximate surface area is 126 Å². The average Bonchev–Trinajstić information content (AvgIpc) is 2.49. The molecule has 0 bridgehead atoms. The van der Waals surface area contributed by atoms with Crippen molar-refractivity contribution in [1.82, 2.24) is 10.2 Å². The maximum absolute atomic E-state index is 12.6. The van der Waals surface area contributed by atoms with Crippen molar-refractivity contribution in [3.8, 4) is 0 Å². The first-order valence-corrected chi connectivity index (χ1v) is 7.76. The number of nitrogens with one attached hydrogen (secondary N) is 1. The zero-order valence-electron chi connectivity index (χ0n) is 13.1. The lowest BCUT2D eigenvalue weighted by molar-refractivity contribution is -0.149. The van der Waals surface area contributed by atoms with Crippen LogP contribution < -0.4 is 5.32 Å². The highest BCUT2D eigenvalue weighted by Gasteiger charge is 2.37. The van der Waals surface area contributed by atoms with E-state index in [2.05, 4.69) is 18.3 Å². The molecule has 0 radical (unpaired) electrons. The fourth-order valence-corrected chi connectivity index (χ4v) is 2.83. The Balaban J connectivity index is 2.23. The fourth-order valence-electron chi connectivity index (χ4n) is 2.83. The normalized spacial score (nSPS) is 22.3. The van der Waals surface area contributed by atoms with Crippen LogP contribution in [0.5, 0.6) is 0 Å². The number of rotatable bonds is 5. The molecule has 2 unspecified atom stereocenters. The van der Waals surface area contributed by atoms with Gasteiger partial charge in [0.15, 0.2) is 0 Å². The molecule has 2 rings (SSSR count). The number of amides is 2. The van der Waals surface area contributed by atoms with Crippen LogP contribution in [0.1, 0.15) is 44.7 Å². The number of benzene rings is 1. The number of hydrogen-bond acceptors (Lipinski definition) is 2. The van der Waals surface area contributed by atoms with E-state index >= 15 is 0 Å². The maximum Gasteiger partial charge on any atom is 0.246 e. The number of hydrogen-bond donors (Lipinski definition) is 1. The highest BCUT2D eigenvalue weighted by molar-refractivity contribution is 5.96. The Morgan fingerprint density at radius 2 is 1.81 bits per heavy atom. The first-order valence-electron chi connectivity index (χ1n) is 7.76. The van der Waals surface area contributed by atoms with Crippen LogP contribution in [0.4, 0.5) is 0 Å². The number of nitrogens with zero attached hydrogens (tertiary/aromatic N) is 1. The Morgan fingerprint density at radius 3 is 2.43 bits per heavy atom. The molecule has 1 saturated heterocycles. The molecule has 2 amide bonds. The van der Waals surface area contributed by atoms with Crippen LogP contribution in [0.15, 0.2) is 24.3 Å². The van der Waals surface area contributed by atoms with Crippen LogP contribution in [0.25, 0.3) is 0 Å². The third-order valence-electron chi connectivity index (χ3n) is 4.16. The summed E-state index contributed by atoms with van der Waals surface area (Å²) in [5, 5.41) is 2.83. The lowest BCUT2D eigenvalue weighted by Crippen LogP contribution is -2.61. The first-order chi connectivity index (χ1) is 10.1. The zero-order valence-corrected chi connectivity index (χ0v) is 13.1. The van der Waals surface area contributed by atoms with Crippen molar-refractivity contribution in [3.05, 3.63) is 35.4 Å². The molecule has 0 aromatic heterocycles. The molecule has 4 nitrogen and oxygen atoms in total. The minimum atomic E-state index is -0.407. The summed E-state index contributed by atoms with van der Waals surface area (Å²) >= 11 is 0. The zero-order chi connectivity index (χ0) is 15.4. The van der Waals surface area contributed by atoms with Crippen molar-refractivity contribution >= 4 is 11.8 Å². The second-order valence-electron chi connectivity index (χ2n) is 5.61. The standard InChI is InChI=1S/C17H24N2O2/c1-4-8-15-17(21)19(12(3)16(20)18-15)11-14-10-7-6-9-13(14)5-2/h6-7,9-10,12,15H,4-5,8,11H2,1-3H3,(H,18,20). The summed E-state index contributed by atoms with van der Waals surface area (Å²) in [6, 6.07) is 7.34. The summed E-state index contributed by atoms with van der Waals surface area (Å²) in [6.07, 6.45) is 2.50. The van der Waals surface area contributed by atoms with Gasteiger partial charge in [-0.05, 0) is 30.9 Å². The van der Waals surface area contributed by atoms with Crippen LogP contribution in [0.2, 0.25) is 0 Å². The monoisotopic (exact) mass is 288 g/mol. The van der Waals surface area contributed by atoms with Gasteiger partial charge in [0.1, 0.15) is 12.1 Å². The largest absolute Gasteiger partial charge is 0.343 e. The molecule has 0 spiro atoms. The maximum atomic E-state index is 12.6. The second-order valence-corrected chi connectivity index (χ2v) is 5.61. The highest BCUT2D eigenvalue weighted by Crippen LogP contribution is 2.19. The van der Waals surface area contributed by atoms with Gasteiger partial charge < -0.3 is 10.2 Å². The van der Waals surface area contributed by atoms with E-state index in [4.69, 9.17) is 0 Å². The Bertz CT molecular complexity index is 527. The summed E-state index contributed by atoms with van der Waals surface area (Å²) < 4.78 is 0. The molecule has 21 heavy (non-hydrogen) atoms. The molecule has 1 fully saturated rings. The lowest BCUT2D eigenvalue weighted by Gasteiger charge is -2.37. The molecule has 4 heteroatoms. The van der Waals surface area contributed by atoms with Crippen molar-refractivity contribution < 1.29 is 9.59 Å². The Hall–Kier alpha value is -1.84. The molecular weight excluding hydrogens is 264 g/mol. The van der Waals surface area contributed by atoms with Gasteiger partial charge in [0.25, 0.3) is 0 Å². The van der Waals surface area contributed by atoms with Crippen LogP contribution in [0, 0.1) is 0 Å². The smallest absolute Gasteiger partial charge is 0.246 e. The third-order valence-corrected chi connectivity index (χ3v) is 4.16. The second kappa shape index (κ2) is 6.74. The topological polar surface area (TPSA) is 49.4 Å². The van der Waals surface area contributed by atoms with E-state index in [1.54, 1.807) is 11.8 Å². The predicted molar refractivity (Wildman–Crippen MR) is 82.7 cm³/mol. The van der Waals surface area contributed by atoms with E-state index in [0.29, 0.717) is 13.0 Å². The summed E-state index contributed by atoms with van der Waals surface area (Å²) in [5.41, 5.74) is 2.36. The van der Waals surface area contributed by atoms with Gasteiger partial charge in [-0.15, -0.1) is 0 Å². The molecule has 1 aliphatic heterocycles. The minimum Gasteiger partial charge on any atom is -0.343 e. The molecule has 1 aromatic rings. The van der Waals surface area contributed by atoms with E-state index in [9.17, 15) is 9.59 Å². The van der Waals surface area contributed by atoms with Crippen molar-refractivity contribution in [1.29, 1.82) is 0 Å². The Morgan fingerprint density at radius 1 is 1.14 bits per heavy atom. The molecule has 1 heterocycles. The van der Waals surface area contributed by atoms with Gasteiger partial charge in [-0.3, -0.25) is 9.59 Å². The van der Waals surface area contributed by atoms with Crippen molar-refractivity contribution in [2.45, 2.75) is 58.7 Å². The third kappa shape index (κ3) is 3.26. The van der Waals surface area contributed by atoms with E-state index in [1.165, 1.54) is 5.56 Å². The SMILES string of the molecule is CCCC1NC(=O)C(C)N(Cc2ccccc2CC)C1=O. The van der Waals surface area contributed by atoms with Crippen LogP contribution in [0.3, 0.4) is 0 Å². The minimum absolute atomic E-state index is 0.0369. The number of carbonyl (C=O) groups excluding carboxylic acids is 2. The Kier molecular flexibility index (Phi) is 4.99. The van der Waals surface area contributed by atoms with E-state index in [0.717, 1.165) is 18.4 Å². The van der Waals surface area contributed by atoms with Crippen molar-refractivity contribution in [2.24, 2.45) is 0 Å². The summed E-state index contributed by atoms with van der Waals surface area (Å²) in [5.74, 6) is -0.0168. The summed E-state index contributed by atoms with van der Waals surface area (Å²) in [7, 11) is 0. The van der Waals surface area contributed by atoms with E-state index in [-0.39, 0.29) is 17.9 Å². The number of piperazine rings is 1. The van der Waals surface area contributed by atoms with E-state index in [1.807, 2.05) is 25.1 Å². The molecule has 0 aliphatic carbocycles. The summed E-state index contributed by atoms with van der Waals surface area (Å²) in [6.45, 7) is 6.43.